The lowest BCUT2D eigenvalue weighted by atomic mass is 9.96. The van der Waals surface area contributed by atoms with Crippen molar-refractivity contribution in [3.63, 3.8) is 0 Å². The van der Waals surface area contributed by atoms with Crippen molar-refractivity contribution in [2.75, 3.05) is 20.7 Å². The number of dihydropyridines is 1. The maximum absolute atomic E-state index is 13.9. The largest absolute Gasteiger partial charge is 0.494 e. The summed E-state index contributed by atoms with van der Waals surface area (Å²) in [5.74, 6) is -1.25. The van der Waals surface area contributed by atoms with Gasteiger partial charge in [0.25, 0.3) is 0 Å². The Labute approximate surface area is 182 Å². The van der Waals surface area contributed by atoms with Gasteiger partial charge < -0.3 is 9.84 Å². The van der Waals surface area contributed by atoms with Crippen LogP contribution in [0, 0.1) is 5.82 Å². The summed E-state index contributed by atoms with van der Waals surface area (Å²) in [5.41, 5.74) is 2.21. The van der Waals surface area contributed by atoms with Gasteiger partial charge in [0, 0.05) is 13.6 Å². The molecule has 1 aliphatic heterocycles. The first kappa shape index (κ1) is 24.8. The number of hydrogen-bond acceptors (Lipinski definition) is 4. The molecule has 0 fully saturated rings. The van der Waals surface area contributed by atoms with Crippen molar-refractivity contribution in [2.24, 2.45) is 9.98 Å². The van der Waals surface area contributed by atoms with Crippen LogP contribution in [0.4, 0.5) is 17.6 Å². The number of carboxylic acid groups (broad SMARTS) is 1. The van der Waals surface area contributed by atoms with E-state index in [4.69, 9.17) is 9.84 Å². The lowest BCUT2D eigenvalue weighted by molar-refractivity contribution is -0.137. The molecule has 9 heteroatoms. The second-order valence-electron chi connectivity index (χ2n) is 6.73. The number of ether oxygens (including phenoxy) is 1. The molecule has 0 spiro atoms. The Hall–Kier alpha value is -3.49. The summed E-state index contributed by atoms with van der Waals surface area (Å²) in [6.07, 6.45) is -1.95. The molecule has 170 valence electrons. The summed E-state index contributed by atoms with van der Waals surface area (Å²) in [6, 6.07) is 9.56. The molecule has 0 amide bonds. The number of rotatable bonds is 4. The molecule has 2 aromatic rings. The number of aliphatic carboxylic acids is 1. The van der Waals surface area contributed by atoms with Gasteiger partial charge in [-0.3, -0.25) is 9.98 Å². The van der Waals surface area contributed by atoms with Gasteiger partial charge in [0.2, 0.25) is 0 Å². The molecular weight excluding hydrogens is 428 g/mol. The molecule has 1 aliphatic rings. The van der Waals surface area contributed by atoms with Crippen molar-refractivity contribution >= 4 is 23.0 Å². The minimum atomic E-state index is -4.37. The fraction of sp³-hybridized carbons (Fsp3) is 0.261. The van der Waals surface area contributed by atoms with Gasteiger partial charge in [-0.05, 0) is 60.4 Å². The van der Waals surface area contributed by atoms with Crippen LogP contribution in [-0.4, -0.2) is 43.2 Å². The molecule has 1 N–H and O–H groups in total. The zero-order chi connectivity index (χ0) is 23.9. The molecule has 0 unspecified atom stereocenters. The van der Waals surface area contributed by atoms with Crippen molar-refractivity contribution in [2.45, 2.75) is 19.5 Å². The van der Waals surface area contributed by atoms with Gasteiger partial charge in [-0.25, -0.2) is 9.18 Å². The number of halogens is 4. The lowest BCUT2D eigenvalue weighted by Gasteiger charge is -2.15. The predicted molar refractivity (Wildman–Crippen MR) is 115 cm³/mol. The maximum atomic E-state index is 13.9. The fourth-order valence-electron chi connectivity index (χ4n) is 2.77. The van der Waals surface area contributed by atoms with E-state index in [1.165, 1.54) is 39.3 Å². The Kier molecular flexibility index (Phi) is 8.28. The Morgan fingerprint density at radius 2 is 1.75 bits per heavy atom. The summed E-state index contributed by atoms with van der Waals surface area (Å²) in [4.78, 5) is 17.6. The van der Waals surface area contributed by atoms with E-state index in [1.54, 1.807) is 18.2 Å². The van der Waals surface area contributed by atoms with E-state index in [1.807, 2.05) is 0 Å². The minimum absolute atomic E-state index is 0.139. The number of benzene rings is 2. The third-order valence-corrected chi connectivity index (χ3v) is 4.65. The monoisotopic (exact) mass is 450 g/mol. The molecule has 0 aliphatic carbocycles. The highest BCUT2D eigenvalue weighted by molar-refractivity contribution is 6.34. The number of carboxylic acids is 1. The molecule has 2 aromatic carbocycles. The number of carbonyl (C=O) groups is 1. The Bertz CT molecular complexity index is 1060. The van der Waals surface area contributed by atoms with E-state index < -0.39 is 23.5 Å². The van der Waals surface area contributed by atoms with Gasteiger partial charge in [-0.1, -0.05) is 18.2 Å². The number of alkyl halides is 3. The summed E-state index contributed by atoms with van der Waals surface area (Å²) in [6.45, 7) is 1.94. The minimum Gasteiger partial charge on any atom is -0.494 e. The number of allylic oxidation sites excluding steroid dienone is 1. The van der Waals surface area contributed by atoms with Crippen LogP contribution in [0.15, 0.2) is 58.5 Å². The average Bonchev–Trinajstić information content (AvgIpc) is 2.78. The van der Waals surface area contributed by atoms with Crippen molar-refractivity contribution in [1.82, 2.24) is 0 Å². The number of aliphatic imine (C=N–C) groups is 2. The Balaban J connectivity index is 0.000000451. The topological polar surface area (TPSA) is 71.2 Å². The molecule has 32 heavy (non-hydrogen) atoms. The van der Waals surface area contributed by atoms with Crippen molar-refractivity contribution in [3.8, 4) is 5.75 Å². The summed E-state index contributed by atoms with van der Waals surface area (Å²) < 4.78 is 56.8. The van der Waals surface area contributed by atoms with Gasteiger partial charge in [0.1, 0.15) is 5.71 Å². The molecular formula is C23H22F4N2O3. The van der Waals surface area contributed by atoms with Crippen LogP contribution in [0.1, 0.15) is 30.0 Å². The molecule has 0 bridgehead atoms. The van der Waals surface area contributed by atoms with Crippen LogP contribution in [0.5, 0.6) is 5.75 Å². The third-order valence-electron chi connectivity index (χ3n) is 4.65. The smallest absolute Gasteiger partial charge is 0.416 e. The van der Waals surface area contributed by atoms with Gasteiger partial charge in [-0.15, -0.1) is 0 Å². The van der Waals surface area contributed by atoms with E-state index in [0.717, 1.165) is 17.7 Å². The van der Waals surface area contributed by atoms with Gasteiger partial charge >= 0.3 is 12.1 Å². The van der Waals surface area contributed by atoms with E-state index in [9.17, 15) is 22.4 Å². The Morgan fingerprint density at radius 3 is 2.22 bits per heavy atom. The number of nitrogens with zero attached hydrogens (tertiary/aromatic N) is 2. The van der Waals surface area contributed by atoms with Gasteiger partial charge in [0.15, 0.2) is 11.6 Å². The van der Waals surface area contributed by atoms with E-state index in [-0.39, 0.29) is 11.5 Å². The predicted octanol–water partition coefficient (Wildman–Crippen LogP) is 5.29. The van der Waals surface area contributed by atoms with Crippen LogP contribution >= 0.6 is 0 Å². The van der Waals surface area contributed by atoms with Crippen LogP contribution in [0.2, 0.25) is 0 Å². The standard InChI is InChI=1S/C19H15F4NO.C4H7NO2/c1-25-18-7-4-13(10-16(18)20)14-8-9-24-17(11-14)12-2-5-15(6-3-12)19(21,22)23;1-3(5-2)4(6)7/h2-7,10-11H,8-9H2,1H3;1-2H3,(H,6,7). The summed E-state index contributed by atoms with van der Waals surface area (Å²) in [5, 5.41) is 8.05. The molecule has 3 rings (SSSR count). The molecule has 0 saturated carbocycles. The fourth-order valence-corrected chi connectivity index (χ4v) is 2.77. The molecule has 0 aromatic heterocycles. The van der Waals surface area contributed by atoms with Crippen molar-refractivity contribution < 1.29 is 32.2 Å². The average molecular weight is 450 g/mol. The van der Waals surface area contributed by atoms with Crippen molar-refractivity contribution in [3.05, 3.63) is 71.0 Å². The second kappa shape index (κ2) is 10.7. The number of methoxy groups -OCH3 is 1. The molecule has 0 saturated heterocycles. The highest BCUT2D eigenvalue weighted by Crippen LogP contribution is 2.30. The van der Waals surface area contributed by atoms with E-state index in [2.05, 4.69) is 9.98 Å². The molecule has 0 atom stereocenters. The van der Waals surface area contributed by atoms with Crippen LogP contribution in [0.3, 0.4) is 0 Å². The molecule has 0 radical (unpaired) electrons. The van der Waals surface area contributed by atoms with E-state index in [0.29, 0.717) is 29.8 Å². The molecule has 1 heterocycles. The van der Waals surface area contributed by atoms with Gasteiger partial charge in [0.05, 0.1) is 18.4 Å². The zero-order valence-corrected chi connectivity index (χ0v) is 17.7. The maximum Gasteiger partial charge on any atom is 0.416 e. The first-order chi connectivity index (χ1) is 15.1. The van der Waals surface area contributed by atoms with E-state index >= 15 is 0 Å². The second-order valence-corrected chi connectivity index (χ2v) is 6.73. The van der Waals surface area contributed by atoms with Crippen LogP contribution < -0.4 is 4.74 Å². The Morgan fingerprint density at radius 1 is 1.12 bits per heavy atom. The first-order valence-electron chi connectivity index (χ1n) is 9.50. The summed E-state index contributed by atoms with van der Waals surface area (Å²) >= 11 is 0. The zero-order valence-electron chi connectivity index (χ0n) is 17.7. The highest BCUT2D eigenvalue weighted by atomic mass is 19.4. The lowest BCUT2D eigenvalue weighted by Crippen LogP contribution is -2.08. The SMILES string of the molecule is CN=C(C)C(=O)O.COc1ccc(C2=CC(c3ccc(C(F)(F)F)cc3)=NCC2)cc1F. The normalized spacial score (nSPS) is 14.0. The van der Waals surface area contributed by atoms with Crippen LogP contribution in [-0.2, 0) is 11.0 Å². The van der Waals surface area contributed by atoms with Gasteiger partial charge in [-0.2, -0.15) is 13.2 Å². The number of hydrogen-bond donors (Lipinski definition) is 1. The third kappa shape index (κ3) is 6.50. The highest BCUT2D eigenvalue weighted by Gasteiger charge is 2.30. The van der Waals surface area contributed by atoms with Crippen LogP contribution in [0.25, 0.3) is 5.57 Å². The molecule has 5 nitrogen and oxygen atoms in total. The summed E-state index contributed by atoms with van der Waals surface area (Å²) in [7, 11) is 2.84. The first-order valence-corrected chi connectivity index (χ1v) is 9.50. The quantitative estimate of drug-likeness (QED) is 0.508. The van der Waals surface area contributed by atoms with Crippen molar-refractivity contribution in [1.29, 1.82) is 0 Å².